The van der Waals surface area contributed by atoms with E-state index in [0.29, 0.717) is 0 Å². The summed E-state index contributed by atoms with van der Waals surface area (Å²) in [6.45, 7) is 4.12. The first-order valence-electron chi connectivity index (χ1n) is 5.67. The molecule has 2 aromatic heterocycles. The highest BCUT2D eigenvalue weighted by Crippen LogP contribution is 2.17. The minimum atomic E-state index is 0.971. The Hall–Kier alpha value is -0.820. The van der Waals surface area contributed by atoms with E-state index < -0.39 is 0 Å². The summed E-state index contributed by atoms with van der Waals surface area (Å²) in [6, 6.07) is 0. The van der Waals surface area contributed by atoms with E-state index in [-0.39, 0.29) is 0 Å². The van der Waals surface area contributed by atoms with E-state index in [0.717, 1.165) is 32.6 Å². The lowest BCUT2D eigenvalue weighted by Crippen LogP contribution is -2.22. The number of rotatable bonds is 0. The molecule has 0 fully saturated rings. The van der Waals surface area contributed by atoms with Gasteiger partial charge in [-0.05, 0) is 0 Å². The third-order valence-electron chi connectivity index (χ3n) is 2.85. The fraction of sp³-hybridized carbons (Fsp3) is 0.455. The summed E-state index contributed by atoms with van der Waals surface area (Å²) in [5.41, 5.74) is 6.39. The van der Waals surface area contributed by atoms with Crippen LogP contribution >= 0.6 is 22.7 Å². The summed E-state index contributed by atoms with van der Waals surface area (Å²) >= 11 is 3.49. The van der Waals surface area contributed by atoms with Gasteiger partial charge in [-0.1, -0.05) is 0 Å². The molecule has 4 nitrogen and oxygen atoms in total. The quantitative estimate of drug-likeness (QED) is 0.759. The monoisotopic (exact) mass is 266 g/mol. The molecule has 0 aromatic carbocycles. The van der Waals surface area contributed by atoms with Gasteiger partial charge >= 0.3 is 0 Å². The zero-order valence-electron chi connectivity index (χ0n) is 9.40. The fourth-order valence-corrected chi connectivity index (χ4v) is 3.46. The summed E-state index contributed by atoms with van der Waals surface area (Å²) in [6.07, 6.45) is 1.11. The van der Waals surface area contributed by atoms with Crippen LogP contribution in [0, 0.1) is 0 Å². The van der Waals surface area contributed by atoms with Gasteiger partial charge in [0.25, 0.3) is 0 Å². The van der Waals surface area contributed by atoms with Gasteiger partial charge in [0.15, 0.2) is 0 Å². The van der Waals surface area contributed by atoms with Crippen LogP contribution in [0.3, 0.4) is 0 Å². The summed E-state index contributed by atoms with van der Waals surface area (Å²) in [7, 11) is 0. The van der Waals surface area contributed by atoms with Crippen molar-refractivity contribution in [1.29, 1.82) is 0 Å². The maximum absolute atomic E-state index is 4.24. The van der Waals surface area contributed by atoms with E-state index in [2.05, 4.69) is 20.6 Å². The molecular formula is C11H14N4S2. The van der Waals surface area contributed by atoms with Crippen LogP contribution in [0.25, 0.3) is 0 Å². The highest BCUT2D eigenvalue weighted by Gasteiger charge is 2.10. The predicted molar refractivity (Wildman–Crippen MR) is 70.2 cm³/mol. The van der Waals surface area contributed by atoms with E-state index in [1.54, 1.807) is 22.7 Å². The van der Waals surface area contributed by atoms with Crippen molar-refractivity contribution < 1.29 is 0 Å². The smallest absolute Gasteiger partial charge is 0.0798 e. The topological polar surface area (TPSA) is 49.8 Å². The molecule has 0 amide bonds. The average Bonchev–Trinajstić information content (AvgIpc) is 3.06. The molecule has 0 unspecified atom stereocenters. The van der Waals surface area contributed by atoms with E-state index in [4.69, 9.17) is 0 Å². The Kier molecular flexibility index (Phi) is 3.46. The molecule has 17 heavy (non-hydrogen) atoms. The second-order valence-electron chi connectivity index (χ2n) is 3.97. The molecule has 0 atom stereocenters. The third kappa shape index (κ3) is 2.55. The number of nitrogens with one attached hydrogen (secondary N) is 2. The molecule has 0 spiro atoms. The molecule has 4 heterocycles. The van der Waals surface area contributed by atoms with E-state index in [9.17, 15) is 0 Å². The molecule has 0 saturated carbocycles. The normalized spacial score (nSPS) is 16.9. The zero-order chi connectivity index (χ0) is 11.5. The molecule has 0 aliphatic carbocycles. The summed E-state index contributed by atoms with van der Waals surface area (Å²) in [5.74, 6) is 0. The first-order valence-corrected chi connectivity index (χ1v) is 7.43. The van der Waals surface area contributed by atoms with E-state index in [1.165, 1.54) is 21.1 Å². The van der Waals surface area contributed by atoms with Crippen LogP contribution in [0.2, 0.25) is 0 Å². The van der Waals surface area contributed by atoms with Gasteiger partial charge in [-0.2, -0.15) is 0 Å². The number of hydrogen-bond acceptors (Lipinski definition) is 6. The van der Waals surface area contributed by atoms with Gasteiger partial charge in [-0.15, -0.1) is 22.7 Å². The van der Waals surface area contributed by atoms with E-state index >= 15 is 0 Å². The molecule has 6 heteroatoms. The number of aromatic nitrogens is 2. The first kappa shape index (κ1) is 11.3. The average molecular weight is 266 g/mol. The largest absolute Gasteiger partial charge is 0.311 e. The van der Waals surface area contributed by atoms with Crippen LogP contribution < -0.4 is 10.6 Å². The highest BCUT2D eigenvalue weighted by atomic mass is 32.1. The van der Waals surface area contributed by atoms with Gasteiger partial charge in [0.1, 0.15) is 0 Å². The lowest BCUT2D eigenvalue weighted by atomic mass is 10.2. The molecule has 2 N–H and O–H groups in total. The van der Waals surface area contributed by atoms with E-state index in [1.807, 2.05) is 11.0 Å². The lowest BCUT2D eigenvalue weighted by molar-refractivity contribution is 0.644. The van der Waals surface area contributed by atoms with Crippen LogP contribution in [0.1, 0.15) is 21.1 Å². The second-order valence-corrected chi connectivity index (χ2v) is 5.85. The van der Waals surface area contributed by atoms with Crippen molar-refractivity contribution in [3.05, 3.63) is 32.2 Å². The van der Waals surface area contributed by atoms with Crippen molar-refractivity contribution in [2.24, 2.45) is 0 Å². The zero-order valence-corrected chi connectivity index (χ0v) is 11.0. The van der Waals surface area contributed by atoms with Crippen LogP contribution in [0.15, 0.2) is 11.0 Å². The minimum Gasteiger partial charge on any atom is -0.311 e. The summed E-state index contributed by atoms with van der Waals surface area (Å²) in [5, 5.41) is 6.51. The van der Waals surface area contributed by atoms with Crippen molar-refractivity contribution in [1.82, 2.24) is 20.6 Å². The molecule has 0 bridgehead atoms. The maximum Gasteiger partial charge on any atom is 0.0798 e. The number of fused-ring (bicyclic) bond motifs is 2. The molecule has 2 aliphatic rings. The fourth-order valence-electron chi connectivity index (χ4n) is 1.93. The maximum atomic E-state index is 4.24. The lowest BCUT2D eigenvalue weighted by Gasteiger charge is -2.09. The van der Waals surface area contributed by atoms with Gasteiger partial charge in [0.05, 0.1) is 22.4 Å². The first-order chi connectivity index (χ1) is 8.43. The molecule has 2 aliphatic heterocycles. The van der Waals surface area contributed by atoms with Crippen LogP contribution in [0.5, 0.6) is 0 Å². The Morgan fingerprint density at radius 3 is 2.35 bits per heavy atom. The molecule has 0 saturated heterocycles. The van der Waals surface area contributed by atoms with Crippen LogP contribution in [0.4, 0.5) is 0 Å². The van der Waals surface area contributed by atoms with Crippen LogP contribution in [-0.4, -0.2) is 16.5 Å². The van der Waals surface area contributed by atoms with Crippen molar-refractivity contribution in [2.45, 2.75) is 26.1 Å². The van der Waals surface area contributed by atoms with Crippen molar-refractivity contribution in [3.63, 3.8) is 0 Å². The van der Waals surface area contributed by atoms with Crippen LogP contribution in [-0.2, 0) is 26.1 Å². The summed E-state index contributed by atoms with van der Waals surface area (Å²) < 4.78 is 0. The number of hydrogen-bond donors (Lipinski definition) is 2. The highest BCUT2D eigenvalue weighted by molar-refractivity contribution is 7.10. The Morgan fingerprint density at radius 2 is 1.59 bits per heavy atom. The van der Waals surface area contributed by atoms with Gasteiger partial charge in [0, 0.05) is 42.4 Å². The minimum absolute atomic E-state index is 0.971. The Morgan fingerprint density at radius 1 is 0.882 bits per heavy atom. The van der Waals surface area contributed by atoms with Gasteiger partial charge in [-0.3, -0.25) is 0 Å². The molecule has 0 radical (unpaired) electrons. The molecule has 90 valence electrons. The number of thiazole rings is 2. The van der Waals surface area contributed by atoms with Gasteiger partial charge in [0.2, 0.25) is 0 Å². The molecule has 4 rings (SSSR count). The predicted octanol–water partition coefficient (Wildman–Crippen LogP) is 1.54. The molecular weight excluding hydrogens is 252 g/mol. The Balaban J connectivity index is 0.000000107. The van der Waals surface area contributed by atoms with Gasteiger partial charge < -0.3 is 10.6 Å². The number of nitrogens with zero attached hydrogens (tertiary/aromatic N) is 2. The summed E-state index contributed by atoms with van der Waals surface area (Å²) in [4.78, 5) is 11.2. The molecule has 2 aromatic rings. The van der Waals surface area contributed by atoms with Crippen molar-refractivity contribution >= 4 is 22.7 Å². The standard InChI is InChI=1S/C6H8N2S.C5H6N2S/c1-2-7-3-6-5(1)8-4-9-6;1-4-5(2-6-1)8-3-7-4/h4,7H,1-3H2;3,6H,1-2H2. The third-order valence-corrected chi connectivity index (χ3v) is 4.60. The second kappa shape index (κ2) is 5.22. The van der Waals surface area contributed by atoms with Crippen molar-refractivity contribution in [3.8, 4) is 0 Å². The Labute approximate surface area is 108 Å². The van der Waals surface area contributed by atoms with Gasteiger partial charge in [-0.25, -0.2) is 9.97 Å². The SMILES string of the molecule is c1nc2c(s1)CNC2.c1nc2c(s1)CNCC2. The van der Waals surface area contributed by atoms with Crippen molar-refractivity contribution in [2.75, 3.05) is 6.54 Å². The Bertz CT molecular complexity index is 452.